The van der Waals surface area contributed by atoms with Gasteiger partial charge in [0, 0.05) is 23.5 Å². The van der Waals surface area contributed by atoms with Crippen LogP contribution in [0.15, 0.2) is 41.8 Å². The fraction of sp³-hybridized carbons (Fsp3) is 0.412. The number of nitrogens with two attached hydrogens (primary N) is 1. The van der Waals surface area contributed by atoms with Gasteiger partial charge in [0.25, 0.3) is 0 Å². The maximum Gasteiger partial charge on any atom is 0.123 e. The summed E-state index contributed by atoms with van der Waals surface area (Å²) in [6.07, 6.45) is 0.822. The third kappa shape index (κ3) is 4.13. The van der Waals surface area contributed by atoms with Crippen LogP contribution in [0.3, 0.4) is 0 Å². The van der Waals surface area contributed by atoms with Gasteiger partial charge in [0.2, 0.25) is 0 Å². The van der Waals surface area contributed by atoms with E-state index in [1.54, 1.807) is 11.3 Å². The van der Waals surface area contributed by atoms with Gasteiger partial charge in [0.15, 0.2) is 0 Å². The first-order valence-corrected chi connectivity index (χ1v) is 8.17. The van der Waals surface area contributed by atoms with Crippen LogP contribution in [0.25, 0.3) is 0 Å². The van der Waals surface area contributed by atoms with Gasteiger partial charge in [-0.15, -0.1) is 11.3 Å². The average molecular weight is 306 g/mol. The molecule has 0 aliphatic carbocycles. The van der Waals surface area contributed by atoms with Crippen LogP contribution in [0.4, 0.5) is 4.39 Å². The van der Waals surface area contributed by atoms with Crippen molar-refractivity contribution < 1.29 is 4.39 Å². The number of hydrogen-bond acceptors (Lipinski definition) is 3. The van der Waals surface area contributed by atoms with E-state index in [9.17, 15) is 4.39 Å². The van der Waals surface area contributed by atoms with Gasteiger partial charge in [-0.3, -0.25) is 4.90 Å². The lowest BCUT2D eigenvalue weighted by Crippen LogP contribution is -2.52. The van der Waals surface area contributed by atoms with Gasteiger partial charge in [0.05, 0.1) is 0 Å². The van der Waals surface area contributed by atoms with Crippen molar-refractivity contribution >= 4 is 11.3 Å². The molecule has 2 rings (SSSR count). The standard InChI is InChI=1S/C17H23FN2S/c1-3-20(12-16-5-4-10-21-16)17(2,13-19)11-14-6-8-15(18)9-7-14/h4-10H,3,11-13,19H2,1-2H3. The van der Waals surface area contributed by atoms with Gasteiger partial charge in [-0.2, -0.15) is 0 Å². The van der Waals surface area contributed by atoms with Crippen molar-refractivity contribution in [3.63, 3.8) is 0 Å². The van der Waals surface area contributed by atoms with Crippen LogP contribution in [0.1, 0.15) is 24.3 Å². The van der Waals surface area contributed by atoms with Crippen molar-refractivity contribution in [3.05, 3.63) is 58.0 Å². The minimum absolute atomic E-state index is 0.128. The number of likely N-dealkylation sites (N-methyl/N-ethyl adjacent to an activating group) is 1. The largest absolute Gasteiger partial charge is 0.329 e. The summed E-state index contributed by atoms with van der Waals surface area (Å²) in [5.41, 5.74) is 7.07. The molecule has 4 heteroatoms. The highest BCUT2D eigenvalue weighted by Crippen LogP contribution is 2.24. The Labute approximate surface area is 130 Å². The minimum atomic E-state index is -0.195. The molecule has 2 nitrogen and oxygen atoms in total. The molecule has 21 heavy (non-hydrogen) atoms. The monoisotopic (exact) mass is 306 g/mol. The van der Waals surface area contributed by atoms with Crippen LogP contribution in [0, 0.1) is 5.82 Å². The van der Waals surface area contributed by atoms with Crippen molar-refractivity contribution in [2.45, 2.75) is 32.4 Å². The van der Waals surface area contributed by atoms with Crippen LogP contribution >= 0.6 is 11.3 Å². The Bertz CT molecular complexity index is 538. The summed E-state index contributed by atoms with van der Waals surface area (Å²) in [5.74, 6) is -0.195. The normalized spacial score (nSPS) is 14.3. The molecule has 1 atom stereocenters. The van der Waals surface area contributed by atoms with E-state index in [0.717, 1.165) is 25.1 Å². The quantitative estimate of drug-likeness (QED) is 0.845. The van der Waals surface area contributed by atoms with Crippen LogP contribution in [0.5, 0.6) is 0 Å². The Morgan fingerprint density at radius 1 is 1.24 bits per heavy atom. The smallest absolute Gasteiger partial charge is 0.123 e. The molecule has 0 radical (unpaired) electrons. The predicted molar refractivity (Wildman–Crippen MR) is 88.0 cm³/mol. The number of rotatable bonds is 7. The highest BCUT2D eigenvalue weighted by Gasteiger charge is 2.30. The lowest BCUT2D eigenvalue weighted by molar-refractivity contribution is 0.109. The zero-order valence-corrected chi connectivity index (χ0v) is 13.5. The molecule has 2 N–H and O–H groups in total. The summed E-state index contributed by atoms with van der Waals surface area (Å²) < 4.78 is 13.0. The zero-order valence-electron chi connectivity index (χ0n) is 12.7. The molecular formula is C17H23FN2S. The SMILES string of the molecule is CCN(Cc1cccs1)C(C)(CN)Cc1ccc(F)cc1. The Hall–Kier alpha value is -1.23. The van der Waals surface area contributed by atoms with Crippen molar-refractivity contribution in [3.8, 4) is 0 Å². The van der Waals surface area contributed by atoms with E-state index >= 15 is 0 Å². The van der Waals surface area contributed by atoms with E-state index in [-0.39, 0.29) is 11.4 Å². The molecule has 1 aromatic carbocycles. The molecule has 0 saturated carbocycles. The predicted octanol–water partition coefficient (Wildman–Crippen LogP) is 3.67. The molecular weight excluding hydrogens is 283 g/mol. The first kappa shape index (κ1) is 16.1. The Balaban J connectivity index is 2.15. The van der Waals surface area contributed by atoms with E-state index in [1.165, 1.54) is 17.0 Å². The van der Waals surface area contributed by atoms with Crippen LogP contribution in [0.2, 0.25) is 0 Å². The Kier molecular flexibility index (Phi) is 5.51. The molecule has 0 bridgehead atoms. The Morgan fingerprint density at radius 3 is 2.48 bits per heavy atom. The van der Waals surface area contributed by atoms with Gasteiger partial charge < -0.3 is 5.73 Å². The van der Waals surface area contributed by atoms with Gasteiger partial charge >= 0.3 is 0 Å². The first-order chi connectivity index (χ1) is 10.1. The maximum atomic E-state index is 13.0. The molecule has 0 saturated heterocycles. The minimum Gasteiger partial charge on any atom is -0.329 e. The molecule has 0 spiro atoms. The van der Waals surface area contributed by atoms with Gasteiger partial charge in [-0.25, -0.2) is 4.39 Å². The molecule has 1 unspecified atom stereocenters. The third-order valence-electron chi connectivity index (χ3n) is 4.01. The lowest BCUT2D eigenvalue weighted by Gasteiger charge is -2.40. The van der Waals surface area contributed by atoms with E-state index in [4.69, 9.17) is 5.73 Å². The highest BCUT2D eigenvalue weighted by molar-refractivity contribution is 7.09. The maximum absolute atomic E-state index is 13.0. The number of hydrogen-bond donors (Lipinski definition) is 1. The van der Waals surface area contributed by atoms with E-state index in [2.05, 4.69) is 36.3 Å². The molecule has 0 amide bonds. The number of halogens is 1. The summed E-state index contributed by atoms with van der Waals surface area (Å²) in [6, 6.07) is 11.0. The summed E-state index contributed by atoms with van der Waals surface area (Å²) in [6.45, 7) is 6.76. The summed E-state index contributed by atoms with van der Waals surface area (Å²) in [7, 11) is 0. The molecule has 0 aliphatic rings. The second-order valence-corrected chi connectivity index (χ2v) is 6.63. The van der Waals surface area contributed by atoms with E-state index < -0.39 is 0 Å². The molecule has 2 aromatic rings. The second kappa shape index (κ2) is 7.16. The summed E-state index contributed by atoms with van der Waals surface area (Å²) in [4.78, 5) is 3.75. The second-order valence-electron chi connectivity index (χ2n) is 5.60. The number of thiophene rings is 1. The lowest BCUT2D eigenvalue weighted by atomic mass is 9.90. The average Bonchev–Trinajstić information content (AvgIpc) is 3.00. The first-order valence-electron chi connectivity index (χ1n) is 7.29. The molecule has 1 aromatic heterocycles. The third-order valence-corrected chi connectivity index (χ3v) is 4.87. The van der Waals surface area contributed by atoms with Crippen LogP contribution in [-0.2, 0) is 13.0 Å². The van der Waals surface area contributed by atoms with E-state index in [1.807, 2.05) is 12.1 Å². The zero-order chi connectivity index (χ0) is 15.3. The number of benzene rings is 1. The van der Waals surface area contributed by atoms with Gasteiger partial charge in [-0.1, -0.05) is 25.1 Å². The number of nitrogens with zero attached hydrogens (tertiary/aromatic N) is 1. The van der Waals surface area contributed by atoms with E-state index in [0.29, 0.717) is 6.54 Å². The molecule has 1 heterocycles. The highest BCUT2D eigenvalue weighted by atomic mass is 32.1. The fourth-order valence-corrected chi connectivity index (χ4v) is 3.35. The van der Waals surface area contributed by atoms with Crippen molar-refractivity contribution in [1.82, 2.24) is 4.90 Å². The molecule has 114 valence electrons. The summed E-state index contributed by atoms with van der Waals surface area (Å²) >= 11 is 1.77. The van der Waals surface area contributed by atoms with Crippen molar-refractivity contribution in [2.24, 2.45) is 5.73 Å². The summed E-state index contributed by atoms with van der Waals surface area (Å²) in [5, 5.41) is 2.10. The van der Waals surface area contributed by atoms with Crippen molar-refractivity contribution in [2.75, 3.05) is 13.1 Å². The van der Waals surface area contributed by atoms with Crippen LogP contribution < -0.4 is 5.73 Å². The Morgan fingerprint density at radius 2 is 1.95 bits per heavy atom. The topological polar surface area (TPSA) is 29.3 Å². The van der Waals surface area contributed by atoms with Gasteiger partial charge in [-0.05, 0) is 49.0 Å². The molecule has 0 aliphatic heterocycles. The molecule has 0 fully saturated rings. The fourth-order valence-electron chi connectivity index (χ4n) is 2.63. The van der Waals surface area contributed by atoms with Crippen molar-refractivity contribution in [1.29, 1.82) is 0 Å². The van der Waals surface area contributed by atoms with Gasteiger partial charge in [0.1, 0.15) is 5.82 Å². The van der Waals surface area contributed by atoms with Crippen LogP contribution in [-0.4, -0.2) is 23.5 Å².